The molecule has 0 saturated carbocycles. The Kier molecular flexibility index (Phi) is 6.79. The van der Waals surface area contributed by atoms with Gasteiger partial charge in [0.1, 0.15) is 30.1 Å². The van der Waals surface area contributed by atoms with Gasteiger partial charge in [-0.25, -0.2) is 23.1 Å². The number of methoxy groups -OCH3 is 1. The Labute approximate surface area is 225 Å². The normalized spacial score (nSPS) is 22.1. The van der Waals surface area contributed by atoms with E-state index < -0.39 is 41.9 Å². The summed E-state index contributed by atoms with van der Waals surface area (Å²) in [5, 5.41) is 3.90. The molecule has 0 spiro atoms. The Bertz CT molecular complexity index is 1500. The number of benzene rings is 3. The van der Waals surface area contributed by atoms with Gasteiger partial charge in [0, 0.05) is 34.3 Å². The minimum Gasteiger partial charge on any atom is -0.493 e. The third-order valence-corrected chi connectivity index (χ3v) is 6.69. The van der Waals surface area contributed by atoms with E-state index in [0.717, 1.165) is 12.1 Å². The number of rotatable bonds is 7. The molecule has 3 aromatic carbocycles. The van der Waals surface area contributed by atoms with Gasteiger partial charge in [-0.2, -0.15) is 0 Å². The summed E-state index contributed by atoms with van der Waals surface area (Å²) in [5.41, 5.74) is 0.569. The first-order valence-corrected chi connectivity index (χ1v) is 12.3. The van der Waals surface area contributed by atoms with Crippen LogP contribution in [0.25, 0.3) is 10.9 Å². The number of hydrogen-bond acceptors (Lipinski definition) is 8. The molecule has 2 fully saturated rings. The maximum absolute atomic E-state index is 14.8. The molecule has 3 heterocycles. The second-order valence-corrected chi connectivity index (χ2v) is 9.40. The summed E-state index contributed by atoms with van der Waals surface area (Å²) < 4.78 is 71.6. The predicted molar refractivity (Wildman–Crippen MR) is 136 cm³/mol. The lowest BCUT2D eigenvalue weighted by molar-refractivity contribution is 0.0271. The van der Waals surface area contributed by atoms with Gasteiger partial charge in [0.05, 0.1) is 25.8 Å². The fraction of sp³-hybridized carbons (Fsp3) is 0.259. The van der Waals surface area contributed by atoms with E-state index in [4.69, 9.17) is 35.3 Å². The Morgan fingerprint density at radius 3 is 2.44 bits per heavy atom. The molecule has 4 aromatic rings. The summed E-state index contributed by atoms with van der Waals surface area (Å²) in [5.74, 6) is -1.17. The summed E-state index contributed by atoms with van der Waals surface area (Å²) in [4.78, 5) is 8.52. The van der Waals surface area contributed by atoms with Crippen LogP contribution in [0.3, 0.4) is 0 Å². The average Bonchev–Trinajstić information content (AvgIpc) is 3.50. The fourth-order valence-corrected chi connectivity index (χ4v) is 4.71. The number of fused-ring (bicyclic) bond motifs is 2. The summed E-state index contributed by atoms with van der Waals surface area (Å²) in [6.07, 6.45) is -1.62. The molecule has 0 amide bonds. The molecule has 2 saturated heterocycles. The molecule has 2 aliphatic heterocycles. The number of nitrogens with one attached hydrogen (secondary N) is 1. The van der Waals surface area contributed by atoms with Gasteiger partial charge >= 0.3 is 0 Å². The molecule has 12 heteroatoms. The van der Waals surface area contributed by atoms with Crippen molar-refractivity contribution in [1.82, 2.24) is 9.97 Å². The lowest BCUT2D eigenvalue weighted by Gasteiger charge is -2.20. The summed E-state index contributed by atoms with van der Waals surface area (Å²) in [7, 11) is 1.46. The van der Waals surface area contributed by atoms with Gasteiger partial charge in [-0.3, -0.25) is 0 Å². The quantitative estimate of drug-likeness (QED) is 0.296. The Morgan fingerprint density at radius 2 is 1.69 bits per heavy atom. The molecule has 4 atom stereocenters. The number of ether oxygens (including phenoxy) is 5. The van der Waals surface area contributed by atoms with Crippen LogP contribution in [0.5, 0.6) is 23.0 Å². The van der Waals surface area contributed by atoms with Crippen LogP contribution in [0.2, 0.25) is 5.02 Å². The lowest BCUT2D eigenvalue weighted by atomic mass is 10.1. The van der Waals surface area contributed by atoms with Crippen LogP contribution in [-0.4, -0.2) is 54.8 Å². The Hall–Kier alpha value is -3.80. The summed E-state index contributed by atoms with van der Waals surface area (Å²) in [6.45, 7) is 0.129. The molecule has 202 valence electrons. The number of aromatic nitrogens is 2. The zero-order valence-electron chi connectivity index (χ0n) is 20.4. The summed E-state index contributed by atoms with van der Waals surface area (Å²) >= 11 is 5.85. The Balaban J connectivity index is 1.26. The van der Waals surface area contributed by atoms with Gasteiger partial charge in [-0.1, -0.05) is 11.6 Å². The van der Waals surface area contributed by atoms with E-state index >= 15 is 0 Å². The monoisotopic (exact) mass is 559 g/mol. The molecule has 0 bridgehead atoms. The van der Waals surface area contributed by atoms with Crippen LogP contribution in [0.1, 0.15) is 0 Å². The van der Waals surface area contributed by atoms with Crippen molar-refractivity contribution >= 4 is 34.0 Å². The third kappa shape index (κ3) is 5.00. The van der Waals surface area contributed by atoms with E-state index in [1.165, 1.54) is 25.6 Å². The van der Waals surface area contributed by atoms with E-state index in [2.05, 4.69) is 15.3 Å². The van der Waals surface area contributed by atoms with E-state index in [9.17, 15) is 13.2 Å². The molecular formula is C27H21ClF3N3O5. The minimum atomic E-state index is -1.20. The number of halogens is 4. The van der Waals surface area contributed by atoms with Gasteiger partial charge in [0.2, 0.25) is 0 Å². The topological polar surface area (TPSA) is 84.0 Å². The molecule has 0 aliphatic carbocycles. The van der Waals surface area contributed by atoms with Gasteiger partial charge in [0.15, 0.2) is 41.2 Å². The van der Waals surface area contributed by atoms with E-state index in [1.54, 1.807) is 24.3 Å². The van der Waals surface area contributed by atoms with Crippen molar-refractivity contribution in [3.05, 3.63) is 71.5 Å². The van der Waals surface area contributed by atoms with Crippen molar-refractivity contribution in [3.8, 4) is 23.0 Å². The minimum absolute atomic E-state index is 0.0400. The third-order valence-electron chi connectivity index (χ3n) is 6.44. The van der Waals surface area contributed by atoms with E-state index in [-0.39, 0.29) is 30.5 Å². The van der Waals surface area contributed by atoms with Crippen molar-refractivity contribution in [2.45, 2.75) is 24.5 Å². The highest BCUT2D eigenvalue weighted by Gasteiger charge is 2.49. The first-order valence-electron chi connectivity index (χ1n) is 12.0. The SMILES string of the molecule is COc1cc2c(Nc3cc(F)c(Oc4ccc(Cl)cc4)c(F)c3)ncnc2cc1OC1CO[C@H]2C(F)CO[C@@H]12. The first-order chi connectivity index (χ1) is 18.9. The molecule has 1 N–H and O–H groups in total. The molecule has 39 heavy (non-hydrogen) atoms. The van der Waals surface area contributed by atoms with E-state index in [0.29, 0.717) is 27.4 Å². The molecule has 2 unspecified atom stereocenters. The van der Waals surface area contributed by atoms with Crippen molar-refractivity contribution in [2.75, 3.05) is 25.6 Å². The largest absolute Gasteiger partial charge is 0.493 e. The smallest absolute Gasteiger partial charge is 0.198 e. The van der Waals surface area contributed by atoms with Crippen LogP contribution in [0.15, 0.2) is 54.9 Å². The highest BCUT2D eigenvalue weighted by Crippen LogP contribution is 2.39. The van der Waals surface area contributed by atoms with Crippen LogP contribution in [-0.2, 0) is 9.47 Å². The van der Waals surface area contributed by atoms with Gasteiger partial charge in [0.25, 0.3) is 0 Å². The zero-order valence-corrected chi connectivity index (χ0v) is 21.1. The highest BCUT2D eigenvalue weighted by atomic mass is 35.5. The Morgan fingerprint density at radius 1 is 0.949 bits per heavy atom. The number of hydrogen-bond donors (Lipinski definition) is 1. The predicted octanol–water partition coefficient (Wildman–Crippen LogP) is 5.99. The van der Waals surface area contributed by atoms with Crippen LogP contribution < -0.4 is 19.5 Å². The average molecular weight is 560 g/mol. The fourth-order valence-electron chi connectivity index (χ4n) is 4.58. The van der Waals surface area contributed by atoms with E-state index in [1.807, 2.05) is 0 Å². The molecule has 1 aromatic heterocycles. The van der Waals surface area contributed by atoms with Crippen LogP contribution >= 0.6 is 11.6 Å². The second-order valence-electron chi connectivity index (χ2n) is 8.96. The van der Waals surface area contributed by atoms with Crippen molar-refractivity contribution in [1.29, 1.82) is 0 Å². The zero-order chi connectivity index (χ0) is 27.1. The highest BCUT2D eigenvalue weighted by molar-refractivity contribution is 6.30. The summed E-state index contributed by atoms with van der Waals surface area (Å²) in [6, 6.07) is 11.6. The molecule has 6 rings (SSSR count). The van der Waals surface area contributed by atoms with Crippen LogP contribution in [0, 0.1) is 11.6 Å². The standard InChI is InChI=1S/C27H21ClF3N3O5/c1-35-21-8-16-20(9-22(21)39-23-11-37-25-19(31)10-36-26(23)25)32-12-33-27(16)34-14-6-17(29)24(18(30)7-14)38-15-4-2-13(28)3-5-15/h2-9,12,19,23,25-26H,10-11H2,1H3,(H,32,33,34)/t19?,23?,25-,26-/m0/s1. The van der Waals surface area contributed by atoms with Crippen LogP contribution in [0.4, 0.5) is 24.7 Å². The molecule has 8 nitrogen and oxygen atoms in total. The van der Waals surface area contributed by atoms with Gasteiger partial charge < -0.3 is 29.0 Å². The van der Waals surface area contributed by atoms with Crippen molar-refractivity contribution in [3.63, 3.8) is 0 Å². The van der Waals surface area contributed by atoms with Gasteiger partial charge in [-0.05, 0) is 30.3 Å². The number of anilines is 2. The second kappa shape index (κ2) is 10.4. The molecular weight excluding hydrogens is 539 g/mol. The first kappa shape index (κ1) is 25.5. The van der Waals surface area contributed by atoms with Crippen molar-refractivity contribution in [2.24, 2.45) is 0 Å². The maximum Gasteiger partial charge on any atom is 0.198 e. The maximum atomic E-state index is 14.8. The van der Waals surface area contributed by atoms with Crippen molar-refractivity contribution < 1.29 is 36.9 Å². The number of alkyl halides is 1. The molecule has 2 aliphatic rings. The number of nitrogens with zero attached hydrogens (tertiary/aromatic N) is 2. The van der Waals surface area contributed by atoms with Gasteiger partial charge in [-0.15, -0.1) is 0 Å². The lowest BCUT2D eigenvalue weighted by Crippen LogP contribution is -2.33. The molecule has 0 radical (unpaired) electrons.